The van der Waals surface area contributed by atoms with Crippen LogP contribution in [0.25, 0.3) is 11.1 Å². The number of hydrogen-bond acceptors (Lipinski definition) is 12. The van der Waals surface area contributed by atoms with E-state index >= 15 is 0 Å². The number of carbonyl (C=O) groups is 8. The molecule has 0 fully saturated rings. The number of hydrogen-bond donors (Lipinski definition) is 0. The molecule has 6 rings (SSSR count). The number of esters is 4. The van der Waals surface area contributed by atoms with Crippen molar-refractivity contribution in [3.05, 3.63) is 144 Å². The number of nitrogens with zero attached hydrogens (tertiary/aromatic N) is 2. The zero-order valence-corrected chi connectivity index (χ0v) is 26.8. The normalized spacial score (nSPS) is 13.4. The van der Waals surface area contributed by atoms with Crippen LogP contribution in [0.15, 0.2) is 121 Å². The summed E-state index contributed by atoms with van der Waals surface area (Å²) in [6.07, 6.45) is 4.31. The van der Waals surface area contributed by atoms with Gasteiger partial charge in [-0.05, 0) is 83.9 Å². The Hall–Kier alpha value is -7.48. The second-order valence-corrected chi connectivity index (χ2v) is 11.0. The lowest BCUT2D eigenvalue weighted by Crippen LogP contribution is -2.33. The van der Waals surface area contributed by atoms with Gasteiger partial charge in [-0.15, -0.1) is 0 Å². The summed E-state index contributed by atoms with van der Waals surface area (Å²) in [6.45, 7) is -1.06. The van der Waals surface area contributed by atoms with E-state index < -0.39 is 61.0 Å². The van der Waals surface area contributed by atoms with E-state index in [1.54, 1.807) is 48.5 Å². The number of carbonyl (C=O) groups excluding carboxylic acids is 8. The summed E-state index contributed by atoms with van der Waals surface area (Å²) in [5.41, 5.74) is 2.12. The molecule has 0 radical (unpaired) electrons. The number of amides is 4. The van der Waals surface area contributed by atoms with E-state index in [9.17, 15) is 38.4 Å². The van der Waals surface area contributed by atoms with Gasteiger partial charge in [-0.25, -0.2) is 29.0 Å². The van der Waals surface area contributed by atoms with Gasteiger partial charge in [0.05, 0.1) is 22.3 Å². The van der Waals surface area contributed by atoms with Crippen molar-refractivity contribution in [3.63, 3.8) is 0 Å². The number of imide groups is 2. The van der Waals surface area contributed by atoms with Gasteiger partial charge in [0.15, 0.2) is 13.5 Å². The van der Waals surface area contributed by atoms with Crippen LogP contribution in [0.5, 0.6) is 11.5 Å². The average molecular weight is 701 g/mol. The maximum absolute atomic E-state index is 12.7. The molecule has 52 heavy (non-hydrogen) atoms. The van der Waals surface area contributed by atoms with Crippen molar-refractivity contribution in [1.29, 1.82) is 0 Å². The minimum atomic E-state index is -0.783. The summed E-state index contributed by atoms with van der Waals surface area (Å²) in [4.78, 5) is 97.8. The minimum absolute atomic E-state index is 0.107. The SMILES string of the molecule is O=C(OCN1C(=O)C=CC1=O)c1ccc(C(=O)Oc2ccc(-c3ccc(OC(=O)c4ccc(C(=O)OCN5C(=O)C=CC5=O)cc4)cc3)cc2)cc1. The van der Waals surface area contributed by atoms with Gasteiger partial charge < -0.3 is 18.9 Å². The highest BCUT2D eigenvalue weighted by Crippen LogP contribution is 2.26. The molecule has 0 saturated heterocycles. The van der Waals surface area contributed by atoms with Gasteiger partial charge in [0.25, 0.3) is 23.6 Å². The van der Waals surface area contributed by atoms with Crippen LogP contribution in [0.3, 0.4) is 0 Å². The number of ether oxygens (including phenoxy) is 4. The molecule has 0 aliphatic carbocycles. The Labute approximate surface area is 294 Å². The van der Waals surface area contributed by atoms with Crippen molar-refractivity contribution < 1.29 is 57.3 Å². The van der Waals surface area contributed by atoms with Gasteiger partial charge in [-0.2, -0.15) is 0 Å². The Kier molecular flexibility index (Phi) is 9.89. The van der Waals surface area contributed by atoms with E-state index in [0.717, 1.165) is 45.2 Å². The molecular formula is C38H24N2O12. The molecule has 4 aromatic carbocycles. The van der Waals surface area contributed by atoms with Crippen molar-refractivity contribution >= 4 is 47.5 Å². The Morgan fingerprint density at radius 2 is 0.654 bits per heavy atom. The fourth-order valence-electron chi connectivity index (χ4n) is 4.78. The second kappa shape index (κ2) is 15.0. The summed E-state index contributed by atoms with van der Waals surface area (Å²) < 4.78 is 20.9. The standard InChI is InChI=1S/C38H24N2O12/c41-31-17-18-32(42)39(31)21-49-35(45)25-1-5-27(6-2-25)37(47)51-29-13-9-23(10-14-29)24-11-15-30(16-12-24)52-38(48)28-7-3-26(4-8-28)36(46)50-22-40-33(43)19-20-34(40)44/h1-20H,21-22H2. The molecule has 14 heteroatoms. The van der Waals surface area contributed by atoms with Gasteiger partial charge in [-0.1, -0.05) is 24.3 Å². The topological polar surface area (TPSA) is 180 Å². The van der Waals surface area contributed by atoms with Crippen LogP contribution >= 0.6 is 0 Å². The Morgan fingerprint density at radius 3 is 0.942 bits per heavy atom. The van der Waals surface area contributed by atoms with E-state index in [-0.39, 0.29) is 33.8 Å². The van der Waals surface area contributed by atoms with Gasteiger partial charge in [0, 0.05) is 24.3 Å². The first-order valence-corrected chi connectivity index (χ1v) is 15.3. The Balaban J connectivity index is 0.971. The molecule has 14 nitrogen and oxygen atoms in total. The van der Waals surface area contributed by atoms with Crippen LogP contribution in [0.1, 0.15) is 41.4 Å². The highest BCUT2D eigenvalue weighted by Gasteiger charge is 2.26. The largest absolute Gasteiger partial charge is 0.440 e. The number of benzene rings is 4. The lowest BCUT2D eigenvalue weighted by Gasteiger charge is -2.13. The third-order valence-corrected chi connectivity index (χ3v) is 7.63. The van der Waals surface area contributed by atoms with E-state index in [0.29, 0.717) is 0 Å². The van der Waals surface area contributed by atoms with Crippen LogP contribution < -0.4 is 9.47 Å². The molecular weight excluding hydrogens is 676 g/mol. The predicted octanol–water partition coefficient (Wildman–Crippen LogP) is 3.87. The molecule has 0 aromatic heterocycles. The lowest BCUT2D eigenvalue weighted by atomic mass is 10.1. The predicted molar refractivity (Wildman–Crippen MR) is 177 cm³/mol. The van der Waals surface area contributed by atoms with Crippen LogP contribution in [0.4, 0.5) is 0 Å². The van der Waals surface area contributed by atoms with Gasteiger partial charge in [0.1, 0.15) is 11.5 Å². The van der Waals surface area contributed by atoms with E-state index in [2.05, 4.69) is 0 Å². The molecule has 0 atom stereocenters. The van der Waals surface area contributed by atoms with Crippen LogP contribution in [0, 0.1) is 0 Å². The smallest absolute Gasteiger partial charge is 0.343 e. The van der Waals surface area contributed by atoms with Crippen molar-refractivity contribution in [2.45, 2.75) is 0 Å². The molecule has 4 amide bonds. The van der Waals surface area contributed by atoms with Crippen LogP contribution in [-0.2, 0) is 28.7 Å². The zero-order valence-electron chi connectivity index (χ0n) is 26.8. The summed E-state index contributed by atoms with van der Waals surface area (Å²) in [7, 11) is 0. The molecule has 0 N–H and O–H groups in total. The first-order valence-electron chi connectivity index (χ1n) is 15.3. The van der Waals surface area contributed by atoms with E-state index in [1.165, 1.54) is 48.5 Å². The first-order chi connectivity index (χ1) is 25.0. The molecule has 0 spiro atoms. The lowest BCUT2D eigenvalue weighted by molar-refractivity contribution is -0.142. The molecule has 2 aliphatic heterocycles. The molecule has 0 unspecified atom stereocenters. The summed E-state index contributed by atoms with van der Waals surface area (Å²) >= 11 is 0. The summed E-state index contributed by atoms with van der Waals surface area (Å²) in [5, 5.41) is 0. The summed E-state index contributed by atoms with van der Waals surface area (Å²) in [6, 6.07) is 24.3. The van der Waals surface area contributed by atoms with E-state index in [1.807, 2.05) is 0 Å². The van der Waals surface area contributed by atoms with Gasteiger partial charge >= 0.3 is 23.9 Å². The molecule has 0 saturated carbocycles. The Morgan fingerprint density at radius 1 is 0.385 bits per heavy atom. The molecule has 258 valence electrons. The van der Waals surface area contributed by atoms with Crippen LogP contribution in [0.2, 0.25) is 0 Å². The highest BCUT2D eigenvalue weighted by atomic mass is 16.6. The van der Waals surface area contributed by atoms with Crippen LogP contribution in [-0.4, -0.2) is 70.8 Å². The highest BCUT2D eigenvalue weighted by molar-refractivity contribution is 6.13. The molecule has 2 heterocycles. The quantitative estimate of drug-likeness (QED) is 0.125. The fraction of sp³-hybridized carbons (Fsp3) is 0.0526. The van der Waals surface area contributed by atoms with Gasteiger partial charge in [0.2, 0.25) is 0 Å². The summed E-state index contributed by atoms with van der Waals surface area (Å²) in [5.74, 6) is -4.70. The molecule has 2 aliphatic rings. The molecule has 4 aromatic rings. The third kappa shape index (κ3) is 7.87. The van der Waals surface area contributed by atoms with Crippen molar-refractivity contribution in [2.75, 3.05) is 13.5 Å². The third-order valence-electron chi connectivity index (χ3n) is 7.63. The van der Waals surface area contributed by atoms with Crippen molar-refractivity contribution in [3.8, 4) is 22.6 Å². The van der Waals surface area contributed by atoms with E-state index in [4.69, 9.17) is 18.9 Å². The second-order valence-electron chi connectivity index (χ2n) is 11.0. The zero-order chi connectivity index (χ0) is 36.8. The molecule has 0 bridgehead atoms. The van der Waals surface area contributed by atoms with Crippen molar-refractivity contribution in [1.82, 2.24) is 9.80 Å². The maximum atomic E-state index is 12.7. The van der Waals surface area contributed by atoms with Gasteiger partial charge in [-0.3, -0.25) is 19.2 Å². The first kappa shape index (κ1) is 34.4. The Bertz CT molecular complexity index is 1980. The number of rotatable bonds is 11. The monoisotopic (exact) mass is 700 g/mol. The van der Waals surface area contributed by atoms with Crippen molar-refractivity contribution in [2.24, 2.45) is 0 Å². The maximum Gasteiger partial charge on any atom is 0.343 e. The fourth-order valence-corrected chi connectivity index (χ4v) is 4.78. The average Bonchev–Trinajstić information content (AvgIpc) is 3.67. The minimum Gasteiger partial charge on any atom is -0.440 e.